The fraction of sp³-hybridized carbons (Fsp3) is 0.556. The van der Waals surface area contributed by atoms with Gasteiger partial charge in [0.15, 0.2) is 23.0 Å². The molecule has 0 radical (unpaired) electrons. The molecule has 172 valence electrons. The lowest BCUT2D eigenvalue weighted by molar-refractivity contribution is -0.214. The van der Waals surface area contributed by atoms with Gasteiger partial charge in [0.25, 0.3) is 0 Å². The largest absolute Gasteiger partial charge is 0.490 e. The van der Waals surface area contributed by atoms with Crippen molar-refractivity contribution >= 4 is 47.9 Å². The van der Waals surface area contributed by atoms with E-state index in [1.165, 1.54) is 0 Å². The summed E-state index contributed by atoms with van der Waals surface area (Å²) in [6.45, 7) is 0.716. The average Bonchev–Trinajstić information content (AvgIpc) is 2.70. The van der Waals surface area contributed by atoms with Crippen LogP contribution in [0.4, 0.5) is 8.78 Å². The van der Waals surface area contributed by atoms with Gasteiger partial charge in [0.2, 0.25) is 5.79 Å². The topological polar surface area (TPSA) is 210 Å². The number of aromatic nitrogens is 2. The van der Waals surface area contributed by atoms with E-state index in [0.717, 1.165) is 0 Å². The van der Waals surface area contributed by atoms with E-state index in [0.29, 0.717) is 17.7 Å². The van der Waals surface area contributed by atoms with E-state index in [9.17, 15) is 32.5 Å². The second-order valence-electron chi connectivity index (χ2n) is 5.74. The Morgan fingerprint density at radius 1 is 1.20 bits per heavy atom. The second-order valence-corrected chi connectivity index (χ2v) is 10.9. The maximum atomic E-state index is 14.6. The third-order valence-electron chi connectivity index (χ3n) is 3.38. The Kier molecular flexibility index (Phi) is 7.42. The van der Waals surface area contributed by atoms with Crippen LogP contribution in [0.1, 0.15) is 13.2 Å². The van der Waals surface area contributed by atoms with E-state index >= 15 is 0 Å². The summed E-state index contributed by atoms with van der Waals surface area (Å²) in [4.78, 5) is 37.9. The van der Waals surface area contributed by atoms with Gasteiger partial charge in [-0.25, -0.2) is 22.5 Å². The average molecular weight is 536 g/mol. The monoisotopic (exact) mass is 536 g/mol. The SMILES string of the molecule is C[C@]1(OP(=O)(O)OP(=O)(O)OP(=O)(O)O)O[C@@H](n2cc(F)c(=S)[nH]c2=S)[C@@H](F)[C@H]1O. The minimum atomic E-state index is -5.87. The van der Waals surface area contributed by atoms with E-state index in [1.807, 2.05) is 0 Å². The zero-order chi connectivity index (χ0) is 23.3. The minimum Gasteiger partial charge on any atom is -0.384 e. The van der Waals surface area contributed by atoms with Crippen LogP contribution in [0.15, 0.2) is 6.20 Å². The maximum absolute atomic E-state index is 14.6. The van der Waals surface area contributed by atoms with Crippen molar-refractivity contribution in [2.45, 2.75) is 31.2 Å². The number of halogens is 2. The molecule has 1 aromatic heterocycles. The van der Waals surface area contributed by atoms with E-state index in [2.05, 4.69) is 30.3 Å². The van der Waals surface area contributed by atoms with Crippen LogP contribution >= 0.6 is 47.9 Å². The molecule has 0 spiro atoms. The van der Waals surface area contributed by atoms with Crippen LogP contribution in [0, 0.1) is 15.2 Å². The predicted octanol–water partition coefficient (Wildman–Crippen LogP) is 1.70. The maximum Gasteiger partial charge on any atom is 0.490 e. The van der Waals surface area contributed by atoms with Crippen molar-refractivity contribution in [1.29, 1.82) is 0 Å². The third kappa shape index (κ3) is 6.15. The quantitative estimate of drug-likeness (QED) is 0.216. The van der Waals surface area contributed by atoms with Gasteiger partial charge in [0, 0.05) is 6.20 Å². The van der Waals surface area contributed by atoms with Gasteiger partial charge in [-0.2, -0.15) is 8.62 Å². The van der Waals surface area contributed by atoms with Crippen molar-refractivity contribution in [1.82, 2.24) is 9.55 Å². The highest BCUT2D eigenvalue weighted by Gasteiger charge is 2.58. The van der Waals surface area contributed by atoms with Gasteiger partial charge >= 0.3 is 23.5 Å². The fourth-order valence-electron chi connectivity index (χ4n) is 2.28. The van der Waals surface area contributed by atoms with Gasteiger partial charge in [-0.1, -0.05) is 12.2 Å². The smallest absolute Gasteiger partial charge is 0.384 e. The van der Waals surface area contributed by atoms with E-state index in [-0.39, 0.29) is 4.77 Å². The first-order chi connectivity index (χ1) is 13.4. The molecule has 1 aromatic rings. The summed E-state index contributed by atoms with van der Waals surface area (Å²) in [6.07, 6.45) is -6.11. The molecule has 6 atom stereocenters. The zero-order valence-corrected chi connectivity index (χ0v) is 18.6. The summed E-state index contributed by atoms with van der Waals surface area (Å²) in [5, 5.41) is 10.0. The standard InChI is InChI=1S/C9H13F2N2O12P3S2/c1-9(23-27(18,19)25-28(20,21)24-26(15,16)17)5(14)4(11)7(22-9)13-2-3(10)6(29)12-8(13)30/h2,4-5,7,14H,1H3,(H,18,19)(H,20,21)(H,12,29,30)(H2,15,16,17)/t4-,5+,7+,9+/m0/s1. The van der Waals surface area contributed by atoms with Crippen molar-refractivity contribution in [3.05, 3.63) is 21.4 Å². The summed E-state index contributed by atoms with van der Waals surface area (Å²) in [5.74, 6) is -3.81. The molecule has 0 bridgehead atoms. The number of phosphoric ester groups is 1. The molecule has 1 saturated heterocycles. The molecule has 30 heavy (non-hydrogen) atoms. The summed E-state index contributed by atoms with van der Waals surface area (Å²) in [7, 11) is -17.3. The molecule has 1 fully saturated rings. The van der Waals surface area contributed by atoms with Crippen LogP contribution in [-0.2, 0) is 31.6 Å². The molecule has 0 saturated carbocycles. The van der Waals surface area contributed by atoms with Crippen LogP contribution in [-0.4, -0.2) is 52.3 Å². The molecule has 14 nitrogen and oxygen atoms in total. The van der Waals surface area contributed by atoms with Crippen molar-refractivity contribution in [2.24, 2.45) is 0 Å². The third-order valence-corrected chi connectivity index (χ3v) is 7.91. The summed E-state index contributed by atoms with van der Waals surface area (Å²) < 4.78 is 78.6. The Labute approximate surface area is 175 Å². The number of H-pyrrole nitrogens is 1. The molecule has 0 aliphatic carbocycles. The normalized spacial score (nSPS) is 31.3. The number of ether oxygens (including phenoxy) is 1. The highest BCUT2D eigenvalue weighted by atomic mass is 32.1. The Morgan fingerprint density at radius 3 is 2.30 bits per heavy atom. The van der Waals surface area contributed by atoms with Crippen molar-refractivity contribution in [2.75, 3.05) is 0 Å². The van der Waals surface area contributed by atoms with Crippen LogP contribution in [0.2, 0.25) is 0 Å². The summed E-state index contributed by atoms with van der Waals surface area (Å²) in [5.41, 5.74) is 0. The van der Waals surface area contributed by atoms with Gasteiger partial charge in [0.05, 0.1) is 0 Å². The molecule has 6 N–H and O–H groups in total. The van der Waals surface area contributed by atoms with Crippen LogP contribution < -0.4 is 0 Å². The number of hydrogen-bond acceptors (Lipinski definition) is 10. The first-order valence-corrected chi connectivity index (χ1v) is 12.5. The van der Waals surface area contributed by atoms with Gasteiger partial charge in [0.1, 0.15) is 10.7 Å². The fourth-order valence-corrected chi connectivity index (χ4v) is 6.00. The number of phosphoric acid groups is 3. The zero-order valence-electron chi connectivity index (χ0n) is 14.3. The van der Waals surface area contributed by atoms with E-state index in [1.54, 1.807) is 0 Å². The highest BCUT2D eigenvalue weighted by Crippen LogP contribution is 2.67. The van der Waals surface area contributed by atoms with Gasteiger partial charge in [-0.05, 0) is 19.1 Å². The Bertz CT molecular complexity index is 1090. The van der Waals surface area contributed by atoms with Crippen molar-refractivity contribution in [3.63, 3.8) is 0 Å². The van der Waals surface area contributed by atoms with Crippen LogP contribution in [0.5, 0.6) is 0 Å². The Balaban J connectivity index is 2.30. The van der Waals surface area contributed by atoms with Gasteiger partial charge < -0.3 is 34.4 Å². The molecule has 2 unspecified atom stereocenters. The van der Waals surface area contributed by atoms with E-state index in [4.69, 9.17) is 31.6 Å². The Hall–Kier alpha value is -0.290. The number of nitrogens with zero attached hydrogens (tertiary/aromatic N) is 1. The summed E-state index contributed by atoms with van der Waals surface area (Å²) in [6, 6.07) is 0. The molecule has 2 rings (SSSR count). The number of aromatic amines is 1. The molecular formula is C9H13F2N2O12P3S2. The van der Waals surface area contributed by atoms with Gasteiger partial charge in [-0.15, -0.1) is 0 Å². The number of aliphatic hydroxyl groups is 1. The number of hydrogen-bond donors (Lipinski definition) is 6. The summed E-state index contributed by atoms with van der Waals surface area (Å²) >= 11 is 9.46. The van der Waals surface area contributed by atoms with E-state index < -0.39 is 58.2 Å². The minimum absolute atomic E-state index is 0.358. The second kappa shape index (κ2) is 8.57. The Morgan fingerprint density at radius 2 is 1.77 bits per heavy atom. The first kappa shape index (κ1) is 26.0. The lowest BCUT2D eigenvalue weighted by Crippen LogP contribution is -2.41. The molecule has 0 aromatic carbocycles. The number of rotatable bonds is 7. The van der Waals surface area contributed by atoms with Crippen molar-refractivity contribution < 1.29 is 65.0 Å². The highest BCUT2D eigenvalue weighted by molar-refractivity contribution is 7.72. The number of nitrogens with one attached hydrogen (secondary N) is 1. The van der Waals surface area contributed by atoms with Crippen LogP contribution in [0.3, 0.4) is 0 Å². The number of aliphatic hydroxyl groups excluding tert-OH is 1. The molecule has 1 aliphatic rings. The number of alkyl halides is 1. The lowest BCUT2D eigenvalue weighted by Gasteiger charge is -2.29. The van der Waals surface area contributed by atoms with Crippen LogP contribution in [0.25, 0.3) is 0 Å². The molecular weight excluding hydrogens is 523 g/mol. The predicted molar refractivity (Wildman–Crippen MR) is 94.8 cm³/mol. The lowest BCUT2D eigenvalue weighted by atomic mass is 10.1. The van der Waals surface area contributed by atoms with Crippen molar-refractivity contribution in [3.8, 4) is 0 Å². The van der Waals surface area contributed by atoms with Gasteiger partial charge in [-0.3, -0.25) is 9.09 Å². The molecule has 1 aliphatic heterocycles. The first-order valence-electron chi connectivity index (χ1n) is 7.21. The molecule has 0 amide bonds. The molecule has 21 heteroatoms. The molecule has 2 heterocycles.